The summed E-state index contributed by atoms with van der Waals surface area (Å²) in [6.45, 7) is 3.34. The third kappa shape index (κ3) is 3.10. The van der Waals surface area contributed by atoms with Crippen LogP contribution in [0.4, 0.5) is 0 Å². The summed E-state index contributed by atoms with van der Waals surface area (Å²) in [6, 6.07) is 0. The molecule has 1 unspecified atom stereocenters. The van der Waals surface area contributed by atoms with Gasteiger partial charge in [-0.05, 0) is 26.2 Å². The van der Waals surface area contributed by atoms with Gasteiger partial charge in [-0.2, -0.15) is 0 Å². The number of amides is 1. The van der Waals surface area contributed by atoms with E-state index in [0.717, 1.165) is 42.9 Å². The van der Waals surface area contributed by atoms with Crippen LogP contribution < -0.4 is 5.32 Å². The monoisotopic (exact) mass is 251 g/mol. The molecule has 1 aromatic heterocycles. The lowest BCUT2D eigenvalue weighted by Crippen LogP contribution is -2.35. The zero-order chi connectivity index (χ0) is 13.0. The minimum atomic E-state index is 0.0832. The molecule has 0 spiro atoms. The van der Waals surface area contributed by atoms with Gasteiger partial charge in [0.15, 0.2) is 0 Å². The van der Waals surface area contributed by atoms with Gasteiger partial charge in [0.05, 0.1) is 5.69 Å². The van der Waals surface area contributed by atoms with Crippen molar-refractivity contribution in [1.82, 2.24) is 15.3 Å². The maximum Gasteiger partial charge on any atom is 0.223 e. The van der Waals surface area contributed by atoms with Gasteiger partial charge in [-0.3, -0.25) is 4.79 Å². The van der Waals surface area contributed by atoms with Crippen LogP contribution in [0.2, 0.25) is 0 Å². The molecule has 2 N–H and O–H groups in total. The van der Waals surface area contributed by atoms with E-state index in [1.807, 2.05) is 6.92 Å². The summed E-state index contributed by atoms with van der Waals surface area (Å²) in [5, 5.41) is 2.97. The molecule has 1 aliphatic carbocycles. The molecule has 0 aliphatic heterocycles. The molecule has 0 radical (unpaired) electrons. The summed E-state index contributed by atoms with van der Waals surface area (Å²) in [5.74, 6) is 1.19. The average Bonchev–Trinajstić information content (AvgIpc) is 2.73. The second-order valence-electron chi connectivity index (χ2n) is 4.82. The van der Waals surface area contributed by atoms with Crippen molar-refractivity contribution in [2.24, 2.45) is 5.92 Å². The third-order valence-corrected chi connectivity index (χ3v) is 3.36. The molecule has 100 valence electrons. The maximum atomic E-state index is 12.0. The molecule has 1 heterocycles. The van der Waals surface area contributed by atoms with Crippen molar-refractivity contribution in [3.05, 3.63) is 17.2 Å². The molecule has 18 heavy (non-hydrogen) atoms. The predicted molar refractivity (Wildman–Crippen MR) is 68.3 cm³/mol. The number of fused-ring (bicyclic) bond motifs is 1. The SMILES string of the molecule is COCCCNC(=O)C1CCc2nc(C)[nH]c2C1. The molecule has 1 amide bonds. The first-order chi connectivity index (χ1) is 8.70. The number of H-pyrrole nitrogens is 1. The number of methoxy groups -OCH3 is 1. The Balaban J connectivity index is 1.82. The summed E-state index contributed by atoms with van der Waals surface area (Å²) in [4.78, 5) is 19.7. The number of hydrogen-bond acceptors (Lipinski definition) is 3. The quantitative estimate of drug-likeness (QED) is 0.766. The van der Waals surface area contributed by atoms with Crippen molar-refractivity contribution in [3.63, 3.8) is 0 Å². The highest BCUT2D eigenvalue weighted by atomic mass is 16.5. The van der Waals surface area contributed by atoms with Crippen molar-refractivity contribution in [1.29, 1.82) is 0 Å². The number of rotatable bonds is 5. The molecule has 1 atom stereocenters. The Morgan fingerprint density at radius 3 is 3.22 bits per heavy atom. The number of aryl methyl sites for hydroxylation is 2. The van der Waals surface area contributed by atoms with E-state index in [1.54, 1.807) is 7.11 Å². The second kappa shape index (κ2) is 6.00. The van der Waals surface area contributed by atoms with Crippen molar-refractivity contribution < 1.29 is 9.53 Å². The predicted octanol–water partition coefficient (Wildman–Crippen LogP) is 0.976. The number of nitrogens with one attached hydrogen (secondary N) is 2. The van der Waals surface area contributed by atoms with Gasteiger partial charge < -0.3 is 15.0 Å². The number of nitrogens with zero attached hydrogens (tertiary/aromatic N) is 1. The molecule has 0 saturated carbocycles. The van der Waals surface area contributed by atoms with Gasteiger partial charge in [-0.25, -0.2) is 4.98 Å². The minimum absolute atomic E-state index is 0.0832. The number of hydrogen-bond donors (Lipinski definition) is 2. The number of ether oxygens (including phenoxy) is 1. The van der Waals surface area contributed by atoms with E-state index in [-0.39, 0.29) is 11.8 Å². The van der Waals surface area contributed by atoms with Crippen LogP contribution in [-0.2, 0) is 22.4 Å². The van der Waals surface area contributed by atoms with Crippen molar-refractivity contribution in [3.8, 4) is 0 Å². The van der Waals surface area contributed by atoms with Crippen LogP contribution in [0.15, 0.2) is 0 Å². The molecule has 0 saturated heterocycles. The van der Waals surface area contributed by atoms with Gasteiger partial charge in [0.1, 0.15) is 5.82 Å². The van der Waals surface area contributed by atoms with E-state index in [9.17, 15) is 4.79 Å². The first-order valence-corrected chi connectivity index (χ1v) is 6.51. The fourth-order valence-corrected chi connectivity index (χ4v) is 2.42. The van der Waals surface area contributed by atoms with Crippen LogP contribution in [0, 0.1) is 12.8 Å². The molecule has 1 aliphatic rings. The Morgan fingerprint density at radius 1 is 1.61 bits per heavy atom. The van der Waals surface area contributed by atoms with Gasteiger partial charge in [-0.15, -0.1) is 0 Å². The summed E-state index contributed by atoms with van der Waals surface area (Å²) in [7, 11) is 1.67. The minimum Gasteiger partial charge on any atom is -0.385 e. The zero-order valence-corrected chi connectivity index (χ0v) is 11.1. The Bertz CT molecular complexity index is 414. The van der Waals surface area contributed by atoms with E-state index in [1.165, 1.54) is 0 Å². The van der Waals surface area contributed by atoms with Crippen LogP contribution >= 0.6 is 0 Å². The Labute approximate surface area is 107 Å². The summed E-state index contributed by atoms with van der Waals surface area (Å²) in [5.41, 5.74) is 2.27. The van der Waals surface area contributed by atoms with Gasteiger partial charge in [0.25, 0.3) is 0 Å². The van der Waals surface area contributed by atoms with E-state index < -0.39 is 0 Å². The lowest BCUT2D eigenvalue weighted by Gasteiger charge is -2.20. The van der Waals surface area contributed by atoms with E-state index in [4.69, 9.17) is 4.74 Å². The van der Waals surface area contributed by atoms with Gasteiger partial charge in [-0.1, -0.05) is 0 Å². The molecular weight excluding hydrogens is 230 g/mol. The maximum absolute atomic E-state index is 12.0. The molecular formula is C13H21N3O2. The molecule has 2 rings (SSSR count). The van der Waals surface area contributed by atoms with Crippen LogP contribution in [0.3, 0.4) is 0 Å². The van der Waals surface area contributed by atoms with Crippen LogP contribution in [0.1, 0.15) is 30.1 Å². The van der Waals surface area contributed by atoms with Crippen molar-refractivity contribution >= 4 is 5.91 Å². The molecule has 5 heteroatoms. The number of carbonyl (C=O) groups excluding carboxylic acids is 1. The molecule has 1 aromatic rings. The Kier molecular flexibility index (Phi) is 4.36. The lowest BCUT2D eigenvalue weighted by molar-refractivity contribution is -0.125. The number of aromatic nitrogens is 2. The van der Waals surface area contributed by atoms with Crippen molar-refractivity contribution in [2.45, 2.75) is 32.6 Å². The van der Waals surface area contributed by atoms with Gasteiger partial charge >= 0.3 is 0 Å². The molecule has 0 aromatic carbocycles. The van der Waals surface area contributed by atoms with Gasteiger partial charge in [0.2, 0.25) is 5.91 Å². The topological polar surface area (TPSA) is 67.0 Å². The van der Waals surface area contributed by atoms with Crippen molar-refractivity contribution in [2.75, 3.05) is 20.3 Å². The van der Waals surface area contributed by atoms with E-state index in [0.29, 0.717) is 13.2 Å². The van der Waals surface area contributed by atoms with Crippen LogP contribution in [0.25, 0.3) is 0 Å². The van der Waals surface area contributed by atoms with Gasteiger partial charge in [0, 0.05) is 38.3 Å². The number of imidazole rings is 1. The number of carbonyl (C=O) groups is 1. The highest BCUT2D eigenvalue weighted by Crippen LogP contribution is 2.23. The first kappa shape index (κ1) is 13.1. The normalized spacial score (nSPS) is 18.4. The highest BCUT2D eigenvalue weighted by molar-refractivity contribution is 5.79. The second-order valence-corrected chi connectivity index (χ2v) is 4.82. The van der Waals surface area contributed by atoms with E-state index in [2.05, 4.69) is 15.3 Å². The third-order valence-electron chi connectivity index (χ3n) is 3.36. The summed E-state index contributed by atoms with van der Waals surface area (Å²) in [6.07, 6.45) is 3.44. The molecule has 0 fully saturated rings. The fraction of sp³-hybridized carbons (Fsp3) is 0.692. The largest absolute Gasteiger partial charge is 0.385 e. The standard InChI is InChI=1S/C13H21N3O2/c1-9-15-11-5-4-10(8-12(11)16-9)13(17)14-6-3-7-18-2/h10H,3-8H2,1-2H3,(H,14,17)(H,15,16). The van der Waals surface area contributed by atoms with Crippen LogP contribution in [-0.4, -0.2) is 36.1 Å². The smallest absolute Gasteiger partial charge is 0.223 e. The fourth-order valence-electron chi connectivity index (χ4n) is 2.42. The highest BCUT2D eigenvalue weighted by Gasteiger charge is 2.26. The Morgan fingerprint density at radius 2 is 2.44 bits per heavy atom. The molecule has 5 nitrogen and oxygen atoms in total. The summed E-state index contributed by atoms with van der Waals surface area (Å²) < 4.78 is 4.95. The molecule has 0 bridgehead atoms. The van der Waals surface area contributed by atoms with E-state index >= 15 is 0 Å². The summed E-state index contributed by atoms with van der Waals surface area (Å²) >= 11 is 0. The average molecular weight is 251 g/mol. The number of aromatic amines is 1. The Hall–Kier alpha value is -1.36. The van der Waals surface area contributed by atoms with Crippen LogP contribution in [0.5, 0.6) is 0 Å². The zero-order valence-electron chi connectivity index (χ0n) is 11.1. The lowest BCUT2D eigenvalue weighted by atomic mass is 9.89. The first-order valence-electron chi connectivity index (χ1n) is 6.51.